The molecule has 0 unspecified atom stereocenters. The maximum absolute atomic E-state index is 6.20. The highest BCUT2D eigenvalue weighted by molar-refractivity contribution is 6.30. The molecule has 132 valence electrons. The van der Waals surface area contributed by atoms with E-state index in [4.69, 9.17) is 17.3 Å². The van der Waals surface area contributed by atoms with Gasteiger partial charge in [0.05, 0.1) is 11.2 Å². The van der Waals surface area contributed by atoms with Crippen LogP contribution >= 0.6 is 11.6 Å². The Bertz CT molecular complexity index is 842. The number of nitrogen functional groups attached to an aromatic ring is 1. The van der Waals surface area contributed by atoms with Gasteiger partial charge in [-0.2, -0.15) is 0 Å². The predicted octanol–water partition coefficient (Wildman–Crippen LogP) is 3.01. The van der Waals surface area contributed by atoms with Crippen LogP contribution in [0.25, 0.3) is 10.9 Å². The maximum Gasteiger partial charge on any atom is 0.155 e. The van der Waals surface area contributed by atoms with E-state index in [2.05, 4.69) is 39.7 Å². The summed E-state index contributed by atoms with van der Waals surface area (Å²) in [6.45, 7) is 7.78. The van der Waals surface area contributed by atoms with Gasteiger partial charge < -0.3 is 10.6 Å². The summed E-state index contributed by atoms with van der Waals surface area (Å²) in [7, 11) is 0. The number of rotatable bonds is 4. The molecule has 1 aliphatic heterocycles. The minimum absolute atomic E-state index is 0.488. The Labute approximate surface area is 152 Å². The summed E-state index contributed by atoms with van der Waals surface area (Å²) in [6.07, 6.45) is 1.80. The molecule has 2 aromatic rings. The van der Waals surface area contributed by atoms with Gasteiger partial charge in [0.1, 0.15) is 5.16 Å². The first kappa shape index (κ1) is 17.2. The third kappa shape index (κ3) is 3.71. The van der Waals surface area contributed by atoms with Gasteiger partial charge in [-0.15, -0.1) is 10.3 Å². The van der Waals surface area contributed by atoms with Gasteiger partial charge in [0.2, 0.25) is 0 Å². The van der Waals surface area contributed by atoms with Gasteiger partial charge in [-0.1, -0.05) is 11.6 Å². The van der Waals surface area contributed by atoms with E-state index in [1.807, 2.05) is 31.2 Å². The topological polar surface area (TPSA) is 81.8 Å². The SMILES string of the molecule is CCN(CC)C1=NN(Nc2ccc3nc(C)cc(N)c3c2)NC(Cl)=C1. The lowest BCUT2D eigenvalue weighted by Gasteiger charge is -2.30. The largest absolute Gasteiger partial charge is 0.398 e. The molecule has 0 amide bonds. The van der Waals surface area contributed by atoms with Crippen LogP contribution < -0.4 is 16.6 Å². The standard InChI is InChI=1S/C17H22ClN7/c1-4-24(5-2)17-10-16(18)22-25(23-17)21-12-6-7-15-13(9-12)14(19)8-11(3)20-15/h6-10,21-22H,4-5H2,1-3H3,(H2,19,20). The molecule has 0 saturated heterocycles. The van der Waals surface area contributed by atoms with Gasteiger partial charge in [-0.25, -0.2) is 0 Å². The van der Waals surface area contributed by atoms with Gasteiger partial charge >= 0.3 is 0 Å². The van der Waals surface area contributed by atoms with Crippen molar-refractivity contribution in [1.29, 1.82) is 0 Å². The maximum atomic E-state index is 6.20. The molecule has 4 N–H and O–H groups in total. The van der Waals surface area contributed by atoms with E-state index in [0.717, 1.165) is 41.2 Å². The third-order valence-corrected chi connectivity index (χ3v) is 4.16. The fourth-order valence-corrected chi connectivity index (χ4v) is 2.92. The summed E-state index contributed by atoms with van der Waals surface area (Å²) < 4.78 is 0. The number of hydrogen-bond donors (Lipinski definition) is 3. The molecule has 8 heteroatoms. The van der Waals surface area contributed by atoms with E-state index in [-0.39, 0.29) is 0 Å². The van der Waals surface area contributed by atoms with Crippen molar-refractivity contribution in [3.8, 4) is 0 Å². The smallest absolute Gasteiger partial charge is 0.155 e. The first-order valence-corrected chi connectivity index (χ1v) is 8.59. The minimum Gasteiger partial charge on any atom is -0.398 e. The molecule has 0 spiro atoms. The van der Waals surface area contributed by atoms with Crippen LogP contribution in [0.1, 0.15) is 19.5 Å². The number of hydrazone groups is 1. The number of hydrogen-bond acceptors (Lipinski definition) is 7. The highest BCUT2D eigenvalue weighted by Gasteiger charge is 2.15. The minimum atomic E-state index is 0.488. The van der Waals surface area contributed by atoms with Crippen LogP contribution in [0.5, 0.6) is 0 Å². The Morgan fingerprint density at radius 2 is 2.04 bits per heavy atom. The Kier molecular flexibility index (Phi) is 4.85. The predicted molar refractivity (Wildman–Crippen MR) is 104 cm³/mol. The van der Waals surface area contributed by atoms with Crippen LogP contribution in [0.3, 0.4) is 0 Å². The summed E-state index contributed by atoms with van der Waals surface area (Å²) >= 11 is 6.20. The molecule has 1 aromatic carbocycles. The zero-order valence-electron chi connectivity index (χ0n) is 14.5. The summed E-state index contributed by atoms with van der Waals surface area (Å²) in [6, 6.07) is 7.66. The zero-order valence-corrected chi connectivity index (χ0v) is 15.3. The average Bonchev–Trinajstić information content (AvgIpc) is 2.56. The lowest BCUT2D eigenvalue weighted by atomic mass is 10.1. The zero-order chi connectivity index (χ0) is 18.0. The quantitative estimate of drug-likeness (QED) is 0.728. The Morgan fingerprint density at radius 3 is 2.76 bits per heavy atom. The fraction of sp³-hybridized carbons (Fsp3) is 0.294. The van der Waals surface area contributed by atoms with Crippen molar-refractivity contribution in [2.24, 2.45) is 5.10 Å². The molecular formula is C17H22ClN7. The second-order valence-electron chi connectivity index (χ2n) is 5.74. The second kappa shape index (κ2) is 7.06. The molecule has 0 aliphatic carbocycles. The molecule has 0 radical (unpaired) electrons. The van der Waals surface area contributed by atoms with Crippen molar-refractivity contribution >= 4 is 39.7 Å². The van der Waals surface area contributed by atoms with E-state index in [1.165, 1.54) is 5.23 Å². The molecule has 7 nitrogen and oxygen atoms in total. The molecule has 0 fully saturated rings. The molecule has 1 aromatic heterocycles. The monoisotopic (exact) mass is 359 g/mol. The van der Waals surface area contributed by atoms with Crippen LogP contribution in [-0.2, 0) is 0 Å². The third-order valence-electron chi connectivity index (χ3n) is 3.96. The normalized spacial score (nSPS) is 14.0. The highest BCUT2D eigenvalue weighted by Crippen LogP contribution is 2.24. The van der Waals surface area contributed by atoms with Crippen LogP contribution in [0.2, 0.25) is 0 Å². The number of nitrogens with two attached hydrogens (primary N) is 1. The highest BCUT2D eigenvalue weighted by atomic mass is 35.5. The van der Waals surface area contributed by atoms with Crippen molar-refractivity contribution in [3.63, 3.8) is 0 Å². The van der Waals surface area contributed by atoms with Crippen LogP contribution in [0.15, 0.2) is 40.6 Å². The second-order valence-corrected chi connectivity index (χ2v) is 6.15. The fourth-order valence-electron chi connectivity index (χ4n) is 2.74. The number of anilines is 2. The number of likely N-dealkylation sites (N-methyl/N-ethyl adjacent to an activating group) is 1. The Hall–Kier alpha value is -2.67. The first-order valence-electron chi connectivity index (χ1n) is 8.21. The van der Waals surface area contributed by atoms with Crippen LogP contribution in [0, 0.1) is 6.92 Å². The van der Waals surface area contributed by atoms with Crippen molar-refractivity contribution in [1.82, 2.24) is 20.5 Å². The number of benzene rings is 1. The van der Waals surface area contributed by atoms with Crippen LogP contribution in [0.4, 0.5) is 11.4 Å². The summed E-state index contributed by atoms with van der Waals surface area (Å²) in [5.41, 5.74) is 15.5. The number of fused-ring (bicyclic) bond motifs is 1. The van der Waals surface area contributed by atoms with Gasteiger partial charge in [-0.3, -0.25) is 15.8 Å². The van der Waals surface area contributed by atoms with Gasteiger partial charge in [0.15, 0.2) is 5.84 Å². The molecular weight excluding hydrogens is 338 g/mol. The lowest BCUT2D eigenvalue weighted by molar-refractivity contribution is 0.269. The van der Waals surface area contributed by atoms with Gasteiger partial charge in [-0.05, 0) is 45.0 Å². The van der Waals surface area contributed by atoms with E-state index >= 15 is 0 Å². The van der Waals surface area contributed by atoms with Gasteiger partial charge in [0.25, 0.3) is 0 Å². The summed E-state index contributed by atoms with van der Waals surface area (Å²) in [5.74, 6) is 0.791. The Morgan fingerprint density at radius 1 is 1.28 bits per heavy atom. The average molecular weight is 360 g/mol. The number of amidine groups is 1. The van der Waals surface area contributed by atoms with Crippen molar-refractivity contribution in [2.75, 3.05) is 24.2 Å². The van der Waals surface area contributed by atoms with E-state index in [1.54, 1.807) is 6.08 Å². The van der Waals surface area contributed by atoms with Crippen LogP contribution in [-0.4, -0.2) is 34.0 Å². The number of halogens is 1. The van der Waals surface area contributed by atoms with Crippen molar-refractivity contribution in [3.05, 3.63) is 41.2 Å². The van der Waals surface area contributed by atoms with E-state index in [0.29, 0.717) is 10.8 Å². The number of aromatic nitrogens is 1. The number of hydrazine groups is 2. The lowest BCUT2D eigenvalue weighted by Crippen LogP contribution is -2.43. The number of nitrogens with zero attached hydrogens (tertiary/aromatic N) is 4. The molecule has 3 rings (SSSR count). The first-order chi connectivity index (χ1) is 12.0. The molecule has 1 aliphatic rings. The summed E-state index contributed by atoms with van der Waals surface area (Å²) in [4.78, 5) is 6.61. The number of nitrogens with one attached hydrogen (secondary N) is 2. The van der Waals surface area contributed by atoms with Crippen molar-refractivity contribution < 1.29 is 0 Å². The molecule has 0 saturated carbocycles. The van der Waals surface area contributed by atoms with E-state index < -0.39 is 0 Å². The van der Waals surface area contributed by atoms with E-state index in [9.17, 15) is 0 Å². The van der Waals surface area contributed by atoms with Gasteiger partial charge in [0, 0.05) is 35.9 Å². The van der Waals surface area contributed by atoms with Crippen molar-refractivity contribution in [2.45, 2.75) is 20.8 Å². The molecule has 0 bridgehead atoms. The molecule has 0 atom stereocenters. The Balaban J connectivity index is 1.86. The molecule has 25 heavy (non-hydrogen) atoms. The molecule has 2 heterocycles. The summed E-state index contributed by atoms with van der Waals surface area (Å²) in [5, 5.41) is 7.41. The number of aryl methyl sites for hydroxylation is 1. The number of pyridine rings is 1.